The molecule has 0 saturated carbocycles. The first-order valence-electron chi connectivity index (χ1n) is 1.76. The third-order valence-electron chi connectivity index (χ3n) is 0.492. The number of rotatable bonds is 0. The highest BCUT2D eigenvalue weighted by atomic mass is 32.1. The van der Waals surface area contributed by atoms with Gasteiger partial charge in [-0.15, -0.1) is 12.6 Å². The molecule has 0 spiro atoms. The normalized spacial score (nSPS) is 17.0. The summed E-state index contributed by atoms with van der Waals surface area (Å²) in [5.74, 6) is 0. The molecule has 0 atom stereocenters. The summed E-state index contributed by atoms with van der Waals surface area (Å²) in [6.45, 7) is 0. The Hall–Kier alpha value is -0.570. The van der Waals surface area contributed by atoms with Crippen molar-refractivity contribution < 1.29 is 9.47 Å². The van der Waals surface area contributed by atoms with Crippen molar-refractivity contribution in [3.63, 3.8) is 0 Å². The first-order valence-corrected chi connectivity index (χ1v) is 2.20. The summed E-state index contributed by atoms with van der Waals surface area (Å²) in [6, 6.07) is 0. The maximum atomic E-state index is 4.70. The lowest BCUT2D eigenvalue weighted by Gasteiger charge is -2.01. The van der Waals surface area contributed by atoms with Crippen molar-refractivity contribution in [1.29, 1.82) is 0 Å². The Balaban J connectivity index is 2.50. The summed E-state index contributed by atoms with van der Waals surface area (Å²) in [6.07, 6.45) is 4.26. The maximum absolute atomic E-state index is 4.70. The summed E-state index contributed by atoms with van der Waals surface area (Å²) in [4.78, 5) is 0. The van der Waals surface area contributed by atoms with Gasteiger partial charge < -0.3 is 9.47 Å². The Morgan fingerprint density at radius 3 is 2.57 bits per heavy atom. The smallest absolute Gasteiger partial charge is 0.192 e. The lowest BCUT2D eigenvalue weighted by Crippen LogP contribution is -1.82. The first kappa shape index (κ1) is 4.59. The van der Waals surface area contributed by atoms with Crippen LogP contribution in [-0.2, 0) is 9.47 Å². The lowest BCUT2D eigenvalue weighted by atomic mass is 10.9. The van der Waals surface area contributed by atoms with Crippen molar-refractivity contribution >= 4 is 12.6 Å². The maximum Gasteiger partial charge on any atom is 0.192 e. The zero-order valence-corrected chi connectivity index (χ0v) is 4.39. The summed E-state index contributed by atoms with van der Waals surface area (Å²) >= 11 is 3.82. The molecule has 0 amide bonds. The van der Waals surface area contributed by atoms with Gasteiger partial charge in [-0.1, -0.05) is 0 Å². The molecule has 1 rings (SSSR count). The van der Waals surface area contributed by atoms with Crippen molar-refractivity contribution in [2.75, 3.05) is 0 Å². The van der Waals surface area contributed by atoms with Crippen LogP contribution in [0.15, 0.2) is 23.9 Å². The number of ether oxygens (including phenoxy) is 2. The van der Waals surface area contributed by atoms with Crippen LogP contribution in [0.5, 0.6) is 0 Å². The highest BCUT2D eigenvalue weighted by molar-refractivity contribution is 7.84. The van der Waals surface area contributed by atoms with E-state index in [1.165, 1.54) is 18.8 Å². The monoisotopic (exact) mass is 116 g/mol. The Bertz CT molecular complexity index is 117. The molecule has 0 unspecified atom stereocenters. The van der Waals surface area contributed by atoms with Gasteiger partial charge in [0.15, 0.2) is 5.09 Å². The van der Waals surface area contributed by atoms with E-state index in [-0.39, 0.29) is 0 Å². The van der Waals surface area contributed by atoms with Gasteiger partial charge in [0.25, 0.3) is 0 Å². The minimum absolute atomic E-state index is 0.475. The average molecular weight is 116 g/mol. The van der Waals surface area contributed by atoms with Gasteiger partial charge in [-0.3, -0.25) is 0 Å². The fourth-order valence-corrected chi connectivity index (χ4v) is 0.377. The molecule has 38 valence electrons. The van der Waals surface area contributed by atoms with Crippen molar-refractivity contribution in [2.45, 2.75) is 0 Å². The molecule has 2 nitrogen and oxygen atoms in total. The van der Waals surface area contributed by atoms with Crippen molar-refractivity contribution in [3.8, 4) is 0 Å². The molecule has 0 fully saturated rings. The van der Waals surface area contributed by atoms with Crippen molar-refractivity contribution in [2.24, 2.45) is 0 Å². The van der Waals surface area contributed by atoms with Crippen LogP contribution in [0.25, 0.3) is 0 Å². The van der Waals surface area contributed by atoms with Crippen LogP contribution in [0, 0.1) is 0 Å². The first-order chi connectivity index (χ1) is 3.39. The minimum Gasteiger partial charge on any atom is -0.465 e. The zero-order valence-electron chi connectivity index (χ0n) is 3.50. The second-order valence-electron chi connectivity index (χ2n) is 0.982. The van der Waals surface area contributed by atoms with E-state index in [1.54, 1.807) is 0 Å². The molecule has 0 aromatic rings. The molecule has 1 aliphatic rings. The van der Waals surface area contributed by atoms with Gasteiger partial charge in [0, 0.05) is 0 Å². The average Bonchev–Trinajstić information content (AvgIpc) is 1.69. The Morgan fingerprint density at radius 2 is 2.29 bits per heavy atom. The van der Waals surface area contributed by atoms with E-state index in [0.29, 0.717) is 5.09 Å². The van der Waals surface area contributed by atoms with Crippen LogP contribution in [0.4, 0.5) is 0 Å². The topological polar surface area (TPSA) is 18.5 Å². The summed E-state index contributed by atoms with van der Waals surface area (Å²) < 4.78 is 9.34. The van der Waals surface area contributed by atoms with E-state index >= 15 is 0 Å². The van der Waals surface area contributed by atoms with Crippen LogP contribution >= 0.6 is 12.6 Å². The van der Waals surface area contributed by atoms with E-state index in [4.69, 9.17) is 4.74 Å². The number of hydrogen-bond donors (Lipinski definition) is 1. The third kappa shape index (κ3) is 1.16. The molecule has 0 N–H and O–H groups in total. The van der Waals surface area contributed by atoms with Crippen LogP contribution in [0.2, 0.25) is 0 Å². The summed E-state index contributed by atoms with van der Waals surface area (Å²) in [5, 5.41) is 0.475. The van der Waals surface area contributed by atoms with Crippen LogP contribution < -0.4 is 0 Å². The van der Waals surface area contributed by atoms with Crippen LogP contribution in [0.1, 0.15) is 0 Å². The van der Waals surface area contributed by atoms with E-state index in [9.17, 15) is 0 Å². The molecule has 7 heavy (non-hydrogen) atoms. The van der Waals surface area contributed by atoms with Gasteiger partial charge in [0.2, 0.25) is 0 Å². The molecular formula is C4H4O2S. The minimum atomic E-state index is 0.475. The van der Waals surface area contributed by atoms with Gasteiger partial charge in [0.1, 0.15) is 18.8 Å². The fourth-order valence-electron chi connectivity index (χ4n) is 0.255. The van der Waals surface area contributed by atoms with Crippen LogP contribution in [0.3, 0.4) is 0 Å². The predicted octanol–water partition coefficient (Wildman–Crippen LogP) is 1.23. The molecule has 0 bridgehead atoms. The summed E-state index contributed by atoms with van der Waals surface area (Å²) in [5.41, 5.74) is 0. The predicted molar refractivity (Wildman–Crippen MR) is 28.4 cm³/mol. The second kappa shape index (κ2) is 1.93. The molecule has 0 aromatic carbocycles. The van der Waals surface area contributed by atoms with E-state index in [2.05, 4.69) is 17.4 Å². The molecule has 1 aliphatic heterocycles. The van der Waals surface area contributed by atoms with Gasteiger partial charge in [0.05, 0.1) is 0 Å². The molecule has 0 aliphatic carbocycles. The molecule has 0 radical (unpaired) electrons. The quantitative estimate of drug-likeness (QED) is 0.480. The lowest BCUT2D eigenvalue weighted by molar-refractivity contribution is 0.282. The largest absolute Gasteiger partial charge is 0.465 e. The van der Waals surface area contributed by atoms with Gasteiger partial charge >= 0.3 is 0 Å². The third-order valence-corrected chi connectivity index (χ3v) is 0.703. The standard InChI is InChI=1S/C4H4O2S/c7-4-3-5-1-2-6-4/h1-3,7H. The van der Waals surface area contributed by atoms with Crippen LogP contribution in [-0.4, -0.2) is 0 Å². The van der Waals surface area contributed by atoms with E-state index in [0.717, 1.165) is 0 Å². The van der Waals surface area contributed by atoms with Crippen molar-refractivity contribution in [3.05, 3.63) is 23.9 Å². The van der Waals surface area contributed by atoms with Gasteiger partial charge in [-0.2, -0.15) is 0 Å². The van der Waals surface area contributed by atoms with Gasteiger partial charge in [-0.25, -0.2) is 0 Å². The molecule has 0 saturated heterocycles. The molecule has 1 heterocycles. The Morgan fingerprint density at radius 1 is 1.43 bits per heavy atom. The zero-order chi connectivity index (χ0) is 5.11. The molecule has 3 heteroatoms. The molecular weight excluding hydrogens is 112 g/mol. The highest BCUT2D eigenvalue weighted by Crippen LogP contribution is 2.07. The van der Waals surface area contributed by atoms with Crippen molar-refractivity contribution in [1.82, 2.24) is 0 Å². The Labute approximate surface area is 46.8 Å². The molecule has 0 aromatic heterocycles. The summed E-state index contributed by atoms with van der Waals surface area (Å²) in [7, 11) is 0. The fraction of sp³-hybridized carbons (Fsp3) is 0. The highest BCUT2D eigenvalue weighted by Gasteiger charge is 1.89. The SMILES string of the molecule is SC1=COC=CO1. The van der Waals surface area contributed by atoms with E-state index in [1.807, 2.05) is 0 Å². The Kier molecular flexibility index (Phi) is 1.26. The number of thiol groups is 1. The second-order valence-corrected chi connectivity index (χ2v) is 1.42. The van der Waals surface area contributed by atoms with E-state index < -0.39 is 0 Å². The van der Waals surface area contributed by atoms with Gasteiger partial charge in [-0.05, 0) is 0 Å². The number of hydrogen-bond acceptors (Lipinski definition) is 3.